The van der Waals surface area contributed by atoms with E-state index in [0.29, 0.717) is 0 Å². The summed E-state index contributed by atoms with van der Waals surface area (Å²) < 4.78 is 9.19. The number of hydrogen-bond donors (Lipinski definition) is 0. The minimum Gasteiger partial charge on any atom is -0.192 e. The van der Waals surface area contributed by atoms with Crippen LogP contribution in [0.3, 0.4) is 0 Å². The van der Waals surface area contributed by atoms with E-state index in [-0.39, 0.29) is 11.1 Å². The number of nitrogens with zero attached hydrogens (tertiary/aromatic N) is 4. The Morgan fingerprint density at radius 3 is 0.944 bits per heavy atom. The molecular formula is C46H56N4S4. The summed E-state index contributed by atoms with van der Waals surface area (Å²) in [6, 6.07) is 17.7. The summed E-state index contributed by atoms with van der Waals surface area (Å²) in [5, 5.41) is 39.2. The average Bonchev–Trinajstić information content (AvgIpc) is 3.99. The fourth-order valence-corrected chi connectivity index (χ4v) is 12.2. The van der Waals surface area contributed by atoms with Crippen LogP contribution in [0.1, 0.15) is 153 Å². The lowest BCUT2D eigenvalue weighted by atomic mass is 10.1. The highest BCUT2D eigenvalue weighted by Crippen LogP contribution is 2.27. The average molecular weight is 793 g/mol. The zero-order valence-corrected chi connectivity index (χ0v) is 36.1. The van der Waals surface area contributed by atoms with Crippen molar-refractivity contribution < 1.29 is 0 Å². The molecule has 4 heterocycles. The molecule has 0 radical (unpaired) electrons. The van der Waals surface area contributed by atoms with Crippen molar-refractivity contribution in [1.82, 2.24) is 0 Å². The topological polar surface area (TPSA) is 95.2 Å². The van der Waals surface area contributed by atoms with E-state index in [2.05, 4.69) is 76.2 Å². The standard InChI is InChI=1S/C46H56N4S4/c1-5-9-13-17-21-33-25-39(37(29-47)30-48)51-43(33)45-35(23-19-15-11-7-3)27-41(53-45)42-28-36(24-20-16-12-8-4)46(54-42)44-34(22-18-14-10-6-2)26-40(52-44)38(31-49)32-50/h25-28H,5-24H2,1-4H3/b42-41+,45-43-,46-44+. The van der Waals surface area contributed by atoms with E-state index in [4.69, 9.17) is 0 Å². The van der Waals surface area contributed by atoms with Crippen LogP contribution < -0.4 is 9.06 Å². The number of hydrogen-bond acceptors (Lipinski definition) is 8. The van der Waals surface area contributed by atoms with E-state index in [1.807, 2.05) is 22.7 Å². The first-order valence-corrected chi connectivity index (χ1v) is 23.6. The summed E-state index contributed by atoms with van der Waals surface area (Å²) in [5.41, 5.74) is 5.69. The van der Waals surface area contributed by atoms with Crippen molar-refractivity contribution in [2.24, 2.45) is 0 Å². The van der Waals surface area contributed by atoms with Crippen molar-refractivity contribution in [3.63, 3.8) is 0 Å². The Bertz CT molecular complexity index is 2210. The monoisotopic (exact) mass is 792 g/mol. The van der Waals surface area contributed by atoms with Gasteiger partial charge in [-0.2, -0.15) is 21.0 Å². The molecule has 4 aromatic heterocycles. The van der Waals surface area contributed by atoms with Gasteiger partial charge in [0, 0.05) is 27.2 Å². The van der Waals surface area contributed by atoms with Crippen LogP contribution in [0.4, 0.5) is 0 Å². The number of unbranched alkanes of at least 4 members (excludes halogenated alkanes) is 12. The largest absolute Gasteiger partial charge is 0.192 e. The molecule has 0 fully saturated rings. The number of thiophene rings is 4. The van der Waals surface area contributed by atoms with Crippen LogP contribution in [0.2, 0.25) is 0 Å². The molecule has 0 atom stereocenters. The maximum Gasteiger partial charge on any atom is 0.146 e. The van der Waals surface area contributed by atoms with Gasteiger partial charge in [-0.05, 0) is 97.9 Å². The third-order valence-corrected chi connectivity index (χ3v) is 15.3. The fourth-order valence-electron chi connectivity index (χ4n) is 6.96. The second-order valence-electron chi connectivity index (χ2n) is 14.3. The Balaban J connectivity index is 2.12. The molecule has 0 spiro atoms. The van der Waals surface area contributed by atoms with Gasteiger partial charge < -0.3 is 0 Å². The summed E-state index contributed by atoms with van der Waals surface area (Å²) in [7, 11) is 0. The highest BCUT2D eigenvalue weighted by molar-refractivity contribution is 7.14. The third-order valence-electron chi connectivity index (χ3n) is 10.0. The van der Waals surface area contributed by atoms with E-state index in [1.165, 1.54) is 126 Å². The lowest BCUT2D eigenvalue weighted by Gasteiger charge is -2.00. The molecule has 4 rings (SSSR count). The van der Waals surface area contributed by atoms with Gasteiger partial charge in [-0.25, -0.2) is 0 Å². The van der Waals surface area contributed by atoms with E-state index in [1.54, 1.807) is 22.7 Å². The molecule has 0 bridgehead atoms. The Morgan fingerprint density at radius 1 is 0.389 bits per heavy atom. The minimum atomic E-state index is 0.201. The molecule has 0 aliphatic rings. The van der Waals surface area contributed by atoms with Crippen LogP contribution in [0.15, 0.2) is 24.3 Å². The molecule has 54 heavy (non-hydrogen) atoms. The van der Waals surface area contributed by atoms with E-state index < -0.39 is 0 Å². The molecule has 8 heteroatoms. The van der Waals surface area contributed by atoms with E-state index in [9.17, 15) is 21.0 Å². The molecule has 4 aromatic rings. The number of rotatable bonds is 20. The highest BCUT2D eigenvalue weighted by atomic mass is 32.1. The van der Waals surface area contributed by atoms with Crippen molar-refractivity contribution in [3.05, 3.63) is 82.8 Å². The zero-order chi connectivity index (χ0) is 38.7. The van der Waals surface area contributed by atoms with Crippen LogP contribution in [-0.2, 0) is 25.7 Å². The van der Waals surface area contributed by atoms with Gasteiger partial charge >= 0.3 is 0 Å². The fraction of sp³-hybridized carbons (Fsp3) is 0.522. The van der Waals surface area contributed by atoms with E-state index in [0.717, 1.165) is 60.4 Å². The van der Waals surface area contributed by atoms with Crippen molar-refractivity contribution in [3.8, 4) is 24.3 Å². The quantitative estimate of drug-likeness (QED) is 0.0833. The van der Waals surface area contributed by atoms with Crippen LogP contribution >= 0.6 is 45.3 Å². The van der Waals surface area contributed by atoms with Gasteiger partial charge in [0.25, 0.3) is 0 Å². The van der Waals surface area contributed by atoms with Crippen LogP contribution in [0, 0.1) is 72.5 Å². The molecule has 0 saturated heterocycles. The zero-order valence-electron chi connectivity index (χ0n) is 32.9. The molecule has 0 saturated carbocycles. The Hall–Kier alpha value is -3.50. The molecular weight excluding hydrogens is 737 g/mol. The predicted molar refractivity (Wildman–Crippen MR) is 230 cm³/mol. The first-order valence-electron chi connectivity index (χ1n) is 20.3. The molecule has 0 amide bonds. The number of aryl methyl sites for hydroxylation is 4. The Labute approximate surface area is 338 Å². The smallest absolute Gasteiger partial charge is 0.146 e. The summed E-state index contributed by atoms with van der Waals surface area (Å²) in [6.07, 6.45) is 22.9. The predicted octanol–water partition coefficient (Wildman–Crippen LogP) is 12.7. The van der Waals surface area contributed by atoms with Crippen molar-refractivity contribution in [2.75, 3.05) is 0 Å². The first kappa shape index (κ1) is 43.2. The SMILES string of the molecule is CCCCCCc1cc(=C(C#N)C#N)s/c1=c1\s/c(=c2\cc(CCCCCC)/c(=c3\sc(=C(C#N)C#N)cc3CCCCCC)s2)cc1CCCCCC. The second kappa shape index (κ2) is 23.4. The molecule has 4 nitrogen and oxygen atoms in total. The van der Waals surface area contributed by atoms with E-state index >= 15 is 0 Å². The summed E-state index contributed by atoms with van der Waals surface area (Å²) in [5.74, 6) is 0. The maximum absolute atomic E-state index is 9.80. The Kier molecular flexibility index (Phi) is 18.8. The number of nitriles is 4. The van der Waals surface area contributed by atoms with Gasteiger partial charge in [-0.1, -0.05) is 105 Å². The van der Waals surface area contributed by atoms with Crippen LogP contribution in [0.25, 0.3) is 11.1 Å². The molecule has 0 unspecified atom stereocenters. The van der Waals surface area contributed by atoms with Gasteiger partial charge in [0.1, 0.15) is 35.4 Å². The molecule has 0 aliphatic carbocycles. The van der Waals surface area contributed by atoms with Crippen molar-refractivity contribution in [1.29, 1.82) is 21.0 Å². The van der Waals surface area contributed by atoms with Crippen LogP contribution in [-0.4, -0.2) is 0 Å². The van der Waals surface area contributed by atoms with Gasteiger partial charge in [0.05, 0.1) is 9.06 Å². The third kappa shape index (κ3) is 11.8. The molecule has 284 valence electrons. The summed E-state index contributed by atoms with van der Waals surface area (Å²) in [4.78, 5) is 0. The Morgan fingerprint density at radius 2 is 0.667 bits per heavy atom. The van der Waals surface area contributed by atoms with Crippen LogP contribution in [0.5, 0.6) is 0 Å². The summed E-state index contributed by atoms with van der Waals surface area (Å²) in [6.45, 7) is 8.98. The second-order valence-corrected chi connectivity index (χ2v) is 18.5. The minimum absolute atomic E-state index is 0.201. The lowest BCUT2D eigenvalue weighted by molar-refractivity contribution is 0.665. The lowest BCUT2D eigenvalue weighted by Crippen LogP contribution is -1.95. The highest BCUT2D eigenvalue weighted by Gasteiger charge is 2.12. The van der Waals surface area contributed by atoms with Gasteiger partial charge in [-0.3, -0.25) is 0 Å². The van der Waals surface area contributed by atoms with Crippen molar-refractivity contribution in [2.45, 2.75) is 156 Å². The van der Waals surface area contributed by atoms with Crippen molar-refractivity contribution >= 4 is 56.5 Å². The molecule has 0 aliphatic heterocycles. The van der Waals surface area contributed by atoms with Gasteiger partial charge in [0.15, 0.2) is 0 Å². The maximum atomic E-state index is 9.80. The first-order chi connectivity index (χ1) is 26.5. The van der Waals surface area contributed by atoms with Gasteiger partial charge in [0.2, 0.25) is 0 Å². The summed E-state index contributed by atoms with van der Waals surface area (Å²) >= 11 is 7.00. The molecule has 0 aromatic carbocycles. The van der Waals surface area contributed by atoms with Gasteiger partial charge in [-0.15, -0.1) is 45.3 Å². The molecule has 0 N–H and O–H groups in total. The normalized spacial score (nSPS) is 12.9.